The van der Waals surface area contributed by atoms with Crippen molar-refractivity contribution < 1.29 is 4.74 Å². The fraction of sp³-hybridized carbons (Fsp3) is 0.176. The molecule has 1 atom stereocenters. The Morgan fingerprint density at radius 3 is 2.61 bits per heavy atom. The minimum atomic E-state index is 0.0640. The highest BCUT2D eigenvalue weighted by Gasteiger charge is 2.17. The normalized spacial score (nSPS) is 24.6. The van der Waals surface area contributed by atoms with Gasteiger partial charge in [0.1, 0.15) is 0 Å². The van der Waals surface area contributed by atoms with Gasteiger partial charge in [0, 0.05) is 13.5 Å². The van der Waals surface area contributed by atoms with Crippen molar-refractivity contribution in [1.82, 2.24) is 0 Å². The van der Waals surface area contributed by atoms with Crippen molar-refractivity contribution >= 4 is 6.08 Å². The largest absolute Gasteiger partial charge is 0.376 e. The van der Waals surface area contributed by atoms with E-state index in [0.717, 1.165) is 12.0 Å². The maximum absolute atomic E-state index is 5.63. The van der Waals surface area contributed by atoms with E-state index < -0.39 is 0 Å². The van der Waals surface area contributed by atoms with E-state index in [1.165, 1.54) is 16.7 Å². The van der Waals surface area contributed by atoms with Gasteiger partial charge in [0.15, 0.2) is 0 Å². The van der Waals surface area contributed by atoms with Crippen molar-refractivity contribution in [2.45, 2.75) is 12.5 Å². The second kappa shape index (κ2) is 5.65. The van der Waals surface area contributed by atoms with Crippen LogP contribution < -0.4 is 0 Å². The summed E-state index contributed by atoms with van der Waals surface area (Å²) in [6.45, 7) is 7.75. The van der Waals surface area contributed by atoms with E-state index in [9.17, 15) is 0 Å². The zero-order valence-electron chi connectivity index (χ0n) is 10.7. The van der Waals surface area contributed by atoms with Crippen LogP contribution in [0, 0.1) is 0 Å². The highest BCUT2D eigenvalue weighted by atomic mass is 16.5. The average Bonchev–Trinajstić information content (AvgIpc) is 2.40. The molecule has 1 nitrogen and oxygen atoms in total. The fourth-order valence-corrected chi connectivity index (χ4v) is 2.28. The molecule has 18 heavy (non-hydrogen) atoms. The third-order valence-corrected chi connectivity index (χ3v) is 3.31. The second-order valence-electron chi connectivity index (χ2n) is 4.28. The lowest BCUT2D eigenvalue weighted by Crippen LogP contribution is -2.06. The highest BCUT2D eigenvalue weighted by molar-refractivity contribution is 5.61. The lowest BCUT2D eigenvalue weighted by atomic mass is 9.91. The molecular formula is C17H18O. The summed E-state index contributed by atoms with van der Waals surface area (Å²) < 4.78 is 5.63. The molecule has 92 valence electrons. The van der Waals surface area contributed by atoms with Gasteiger partial charge in [-0.3, -0.25) is 0 Å². The SMILES string of the molecule is C=CC1=C(\C=C)CC(OC)c2ccccc2/C=C\1. The van der Waals surface area contributed by atoms with Crippen molar-refractivity contribution in [1.29, 1.82) is 0 Å². The number of fused-ring (bicyclic) bond motifs is 1. The first-order valence-electron chi connectivity index (χ1n) is 6.08. The first-order chi connectivity index (χ1) is 8.80. The van der Waals surface area contributed by atoms with E-state index in [2.05, 4.69) is 37.4 Å². The smallest absolute Gasteiger partial charge is 0.0867 e. The van der Waals surface area contributed by atoms with E-state index in [-0.39, 0.29) is 6.10 Å². The van der Waals surface area contributed by atoms with Gasteiger partial charge in [-0.25, -0.2) is 0 Å². The molecule has 2 rings (SSSR count). The molecule has 0 spiro atoms. The summed E-state index contributed by atoms with van der Waals surface area (Å²) in [6, 6.07) is 8.32. The molecule has 1 unspecified atom stereocenters. The lowest BCUT2D eigenvalue weighted by Gasteiger charge is -2.21. The maximum atomic E-state index is 5.63. The molecule has 0 fully saturated rings. The Bertz CT molecular complexity index is 520. The van der Waals surface area contributed by atoms with Gasteiger partial charge < -0.3 is 4.74 Å². The van der Waals surface area contributed by atoms with E-state index in [4.69, 9.17) is 4.74 Å². The van der Waals surface area contributed by atoms with Gasteiger partial charge in [0.25, 0.3) is 0 Å². The van der Waals surface area contributed by atoms with Crippen molar-refractivity contribution in [2.24, 2.45) is 0 Å². The molecule has 0 amide bonds. The van der Waals surface area contributed by atoms with E-state index in [1.807, 2.05) is 24.3 Å². The molecule has 0 heterocycles. The summed E-state index contributed by atoms with van der Waals surface area (Å²) in [5, 5.41) is 0. The minimum absolute atomic E-state index is 0.0640. The van der Waals surface area contributed by atoms with Crippen LogP contribution in [0.15, 0.2) is 66.8 Å². The van der Waals surface area contributed by atoms with E-state index >= 15 is 0 Å². The summed E-state index contributed by atoms with van der Waals surface area (Å²) >= 11 is 0. The average molecular weight is 238 g/mol. The number of hydrogen-bond acceptors (Lipinski definition) is 1. The number of benzene rings is 1. The van der Waals surface area contributed by atoms with Gasteiger partial charge >= 0.3 is 0 Å². The van der Waals surface area contributed by atoms with Gasteiger partial charge in [-0.15, -0.1) is 0 Å². The number of methoxy groups -OCH3 is 1. The monoisotopic (exact) mass is 238 g/mol. The summed E-state index contributed by atoms with van der Waals surface area (Å²) in [5.41, 5.74) is 4.70. The zero-order chi connectivity index (χ0) is 13.0. The van der Waals surface area contributed by atoms with Crippen molar-refractivity contribution in [3.05, 3.63) is 77.9 Å². The van der Waals surface area contributed by atoms with Crippen LogP contribution in [0.25, 0.3) is 6.08 Å². The Morgan fingerprint density at radius 2 is 1.94 bits per heavy atom. The van der Waals surface area contributed by atoms with Gasteiger partial charge in [-0.2, -0.15) is 0 Å². The van der Waals surface area contributed by atoms with Gasteiger partial charge in [0.2, 0.25) is 0 Å². The third kappa shape index (κ3) is 2.36. The van der Waals surface area contributed by atoms with Crippen molar-refractivity contribution in [3.63, 3.8) is 0 Å². The van der Waals surface area contributed by atoms with Crippen LogP contribution in [0.1, 0.15) is 23.7 Å². The Labute approximate surface area is 109 Å². The second-order valence-corrected chi connectivity index (χ2v) is 4.28. The Balaban J connectivity index is 2.56. The molecule has 1 aliphatic carbocycles. The quantitative estimate of drug-likeness (QED) is 0.755. The molecule has 1 aliphatic rings. The highest BCUT2D eigenvalue weighted by Crippen LogP contribution is 2.32. The summed E-state index contributed by atoms with van der Waals surface area (Å²) in [7, 11) is 1.75. The molecular weight excluding hydrogens is 220 g/mol. The maximum Gasteiger partial charge on any atom is 0.0867 e. The predicted octanol–water partition coefficient (Wildman–Crippen LogP) is 4.46. The van der Waals surface area contributed by atoms with Gasteiger partial charge in [0.05, 0.1) is 6.10 Å². The van der Waals surface area contributed by atoms with Crippen molar-refractivity contribution in [2.75, 3.05) is 7.11 Å². The predicted molar refractivity (Wildman–Crippen MR) is 77.3 cm³/mol. The summed E-state index contributed by atoms with van der Waals surface area (Å²) in [4.78, 5) is 0. The fourth-order valence-electron chi connectivity index (χ4n) is 2.28. The summed E-state index contributed by atoms with van der Waals surface area (Å²) in [6.07, 6.45) is 8.85. The Morgan fingerprint density at radius 1 is 1.17 bits per heavy atom. The van der Waals surface area contributed by atoms with Crippen LogP contribution in [-0.2, 0) is 4.74 Å². The van der Waals surface area contributed by atoms with Crippen LogP contribution in [0.4, 0.5) is 0 Å². The topological polar surface area (TPSA) is 9.23 Å². The number of allylic oxidation sites excluding steroid dienone is 4. The standard InChI is InChI=1S/C17H18O/c1-4-13-10-11-15-8-6-7-9-16(15)17(18-3)12-14(13)5-2/h4-11,17H,1-2,12H2,3H3/b11-10-,14-13-. The molecule has 0 bridgehead atoms. The lowest BCUT2D eigenvalue weighted by molar-refractivity contribution is 0.104. The van der Waals surface area contributed by atoms with E-state index in [0.29, 0.717) is 0 Å². The molecule has 0 aromatic heterocycles. The molecule has 1 aromatic carbocycles. The molecule has 1 heteroatoms. The van der Waals surface area contributed by atoms with Crippen LogP contribution in [0.5, 0.6) is 0 Å². The van der Waals surface area contributed by atoms with Crippen molar-refractivity contribution in [3.8, 4) is 0 Å². The summed E-state index contributed by atoms with van der Waals surface area (Å²) in [5.74, 6) is 0. The first kappa shape index (κ1) is 12.6. The van der Waals surface area contributed by atoms with Crippen LogP contribution in [-0.4, -0.2) is 7.11 Å². The number of hydrogen-bond donors (Lipinski definition) is 0. The molecule has 0 N–H and O–H groups in total. The molecule has 1 aromatic rings. The van der Waals surface area contributed by atoms with Gasteiger partial charge in [-0.1, -0.05) is 61.7 Å². The Kier molecular flexibility index (Phi) is 3.96. The van der Waals surface area contributed by atoms with Crippen LogP contribution >= 0.6 is 0 Å². The zero-order valence-corrected chi connectivity index (χ0v) is 10.7. The van der Waals surface area contributed by atoms with Crippen LogP contribution in [0.3, 0.4) is 0 Å². The molecule has 0 radical (unpaired) electrons. The molecule has 0 aliphatic heterocycles. The number of ether oxygens (including phenoxy) is 1. The Hall–Kier alpha value is -1.86. The number of rotatable bonds is 3. The minimum Gasteiger partial charge on any atom is -0.376 e. The third-order valence-electron chi connectivity index (χ3n) is 3.31. The van der Waals surface area contributed by atoms with E-state index in [1.54, 1.807) is 7.11 Å². The molecule has 0 saturated carbocycles. The van der Waals surface area contributed by atoms with Crippen LogP contribution in [0.2, 0.25) is 0 Å². The van der Waals surface area contributed by atoms with Gasteiger partial charge in [-0.05, 0) is 22.3 Å². The first-order valence-corrected chi connectivity index (χ1v) is 6.08. The molecule has 0 saturated heterocycles.